The van der Waals surface area contributed by atoms with Crippen LogP contribution in [-0.4, -0.2) is 12.9 Å². The zero-order valence-corrected chi connectivity index (χ0v) is 9.58. The van der Waals surface area contributed by atoms with Crippen molar-refractivity contribution in [2.75, 3.05) is 7.11 Å². The third-order valence-corrected chi connectivity index (χ3v) is 2.55. The summed E-state index contributed by atoms with van der Waals surface area (Å²) >= 11 is 0. The molecule has 0 saturated heterocycles. The van der Waals surface area contributed by atoms with Crippen LogP contribution < -0.4 is 0 Å². The maximum absolute atomic E-state index is 11.9. The van der Waals surface area contributed by atoms with E-state index in [1.54, 1.807) is 19.2 Å². The van der Waals surface area contributed by atoms with E-state index in [0.717, 1.165) is 12.8 Å². The molecular formula is C12H18O3. The van der Waals surface area contributed by atoms with Crippen LogP contribution >= 0.6 is 0 Å². The molecule has 0 bridgehead atoms. The lowest BCUT2D eigenvalue weighted by molar-refractivity contribution is 0.0876. The Kier molecular flexibility index (Phi) is 4.56. The zero-order valence-electron chi connectivity index (χ0n) is 9.58. The molecule has 0 aliphatic carbocycles. The van der Waals surface area contributed by atoms with Crippen LogP contribution in [0.3, 0.4) is 0 Å². The Bertz CT molecular complexity index is 310. The normalized spacial score (nSPS) is 10.9. The Morgan fingerprint density at radius 3 is 2.60 bits per heavy atom. The Morgan fingerprint density at radius 1 is 1.40 bits per heavy atom. The van der Waals surface area contributed by atoms with E-state index < -0.39 is 0 Å². The predicted octanol–water partition coefficient (Wildman–Crippen LogP) is 3.04. The van der Waals surface area contributed by atoms with E-state index in [-0.39, 0.29) is 11.7 Å². The first-order valence-electron chi connectivity index (χ1n) is 5.34. The van der Waals surface area contributed by atoms with E-state index in [1.165, 1.54) is 0 Å². The van der Waals surface area contributed by atoms with Crippen molar-refractivity contribution in [3.05, 3.63) is 23.7 Å². The fourth-order valence-corrected chi connectivity index (χ4v) is 1.59. The maximum Gasteiger partial charge on any atom is 0.201 e. The highest BCUT2D eigenvalue weighted by Gasteiger charge is 2.19. The number of methoxy groups -OCH3 is 1. The summed E-state index contributed by atoms with van der Waals surface area (Å²) in [7, 11) is 1.60. The number of furan rings is 1. The van der Waals surface area contributed by atoms with Gasteiger partial charge in [-0.05, 0) is 25.0 Å². The number of carbonyl (C=O) groups excluding carboxylic acids is 1. The summed E-state index contributed by atoms with van der Waals surface area (Å²) in [6, 6.07) is 3.52. The van der Waals surface area contributed by atoms with Gasteiger partial charge in [-0.15, -0.1) is 0 Å². The summed E-state index contributed by atoms with van der Waals surface area (Å²) in [6.07, 6.45) is 1.71. The highest BCUT2D eigenvalue weighted by Crippen LogP contribution is 2.18. The number of rotatable bonds is 6. The Hall–Kier alpha value is -1.09. The molecule has 0 unspecified atom stereocenters. The van der Waals surface area contributed by atoms with Gasteiger partial charge in [-0.25, -0.2) is 0 Å². The molecule has 0 aliphatic heterocycles. The first kappa shape index (κ1) is 12.0. The van der Waals surface area contributed by atoms with Crippen molar-refractivity contribution in [2.24, 2.45) is 5.92 Å². The van der Waals surface area contributed by atoms with Gasteiger partial charge in [0.15, 0.2) is 5.76 Å². The molecule has 0 spiro atoms. The molecule has 0 aromatic carbocycles. The fraction of sp³-hybridized carbons (Fsp3) is 0.583. The molecule has 0 N–H and O–H groups in total. The summed E-state index contributed by atoms with van der Waals surface area (Å²) in [4.78, 5) is 11.9. The quantitative estimate of drug-likeness (QED) is 0.677. The maximum atomic E-state index is 11.9. The van der Waals surface area contributed by atoms with E-state index in [1.807, 2.05) is 13.8 Å². The van der Waals surface area contributed by atoms with Crippen molar-refractivity contribution in [2.45, 2.75) is 33.3 Å². The van der Waals surface area contributed by atoms with Crippen molar-refractivity contribution >= 4 is 5.78 Å². The molecule has 1 heterocycles. The van der Waals surface area contributed by atoms with E-state index >= 15 is 0 Å². The molecule has 84 valence electrons. The van der Waals surface area contributed by atoms with Crippen molar-refractivity contribution in [1.29, 1.82) is 0 Å². The molecule has 1 rings (SSSR count). The summed E-state index contributed by atoms with van der Waals surface area (Å²) in [6.45, 7) is 4.45. The standard InChI is InChI=1S/C12H18O3/c1-4-9(5-2)12(13)11-7-6-10(15-11)8-14-3/h6-7,9H,4-5,8H2,1-3H3. The first-order valence-corrected chi connectivity index (χ1v) is 5.34. The van der Waals surface area contributed by atoms with Crippen molar-refractivity contribution in [3.63, 3.8) is 0 Å². The van der Waals surface area contributed by atoms with Gasteiger partial charge in [0, 0.05) is 13.0 Å². The largest absolute Gasteiger partial charge is 0.456 e. The van der Waals surface area contributed by atoms with Crippen LogP contribution in [-0.2, 0) is 11.3 Å². The van der Waals surface area contributed by atoms with Crippen LogP contribution in [0.4, 0.5) is 0 Å². The summed E-state index contributed by atoms with van der Waals surface area (Å²) in [5.74, 6) is 1.33. The molecule has 0 atom stereocenters. The second-order valence-electron chi connectivity index (χ2n) is 3.58. The SMILES string of the molecule is CCC(CC)C(=O)c1ccc(COC)o1. The van der Waals surface area contributed by atoms with Gasteiger partial charge in [-0.2, -0.15) is 0 Å². The number of ketones is 1. The van der Waals surface area contributed by atoms with Gasteiger partial charge in [0.25, 0.3) is 0 Å². The molecule has 0 fully saturated rings. The number of carbonyl (C=O) groups is 1. The molecule has 1 aromatic rings. The lowest BCUT2D eigenvalue weighted by Gasteiger charge is -2.07. The van der Waals surface area contributed by atoms with Gasteiger partial charge >= 0.3 is 0 Å². The van der Waals surface area contributed by atoms with Crippen molar-refractivity contribution in [3.8, 4) is 0 Å². The van der Waals surface area contributed by atoms with E-state index in [9.17, 15) is 4.79 Å². The minimum absolute atomic E-state index is 0.0755. The van der Waals surface area contributed by atoms with Crippen LogP contribution in [0.1, 0.15) is 43.0 Å². The van der Waals surface area contributed by atoms with Gasteiger partial charge in [0.05, 0.1) is 0 Å². The van der Waals surface area contributed by atoms with Crippen LogP contribution in [0.5, 0.6) is 0 Å². The molecule has 3 heteroatoms. The molecule has 0 saturated carbocycles. The monoisotopic (exact) mass is 210 g/mol. The van der Waals surface area contributed by atoms with Gasteiger partial charge < -0.3 is 9.15 Å². The lowest BCUT2D eigenvalue weighted by atomic mass is 9.97. The van der Waals surface area contributed by atoms with E-state index in [0.29, 0.717) is 18.1 Å². The second-order valence-corrected chi connectivity index (χ2v) is 3.58. The highest BCUT2D eigenvalue weighted by molar-refractivity contribution is 5.95. The van der Waals surface area contributed by atoms with Gasteiger partial charge in [-0.1, -0.05) is 13.8 Å². The zero-order chi connectivity index (χ0) is 11.3. The lowest BCUT2D eigenvalue weighted by Crippen LogP contribution is -2.11. The molecular weight excluding hydrogens is 192 g/mol. The molecule has 3 nitrogen and oxygen atoms in total. The average molecular weight is 210 g/mol. The van der Waals surface area contributed by atoms with Gasteiger partial charge in [0.2, 0.25) is 5.78 Å². The molecule has 1 aromatic heterocycles. The number of hydrogen-bond donors (Lipinski definition) is 0. The van der Waals surface area contributed by atoms with Crippen LogP contribution in [0.25, 0.3) is 0 Å². The smallest absolute Gasteiger partial charge is 0.201 e. The molecule has 15 heavy (non-hydrogen) atoms. The van der Waals surface area contributed by atoms with Crippen molar-refractivity contribution < 1.29 is 13.9 Å². The number of ether oxygens (including phenoxy) is 1. The number of Topliss-reactive ketones (excluding diaryl/α,β-unsaturated/α-hetero) is 1. The summed E-state index contributed by atoms with van der Waals surface area (Å²) in [5.41, 5.74) is 0. The Balaban J connectivity index is 2.73. The van der Waals surface area contributed by atoms with E-state index in [2.05, 4.69) is 0 Å². The van der Waals surface area contributed by atoms with Crippen molar-refractivity contribution in [1.82, 2.24) is 0 Å². The topological polar surface area (TPSA) is 39.4 Å². The predicted molar refractivity (Wildman–Crippen MR) is 57.8 cm³/mol. The fourth-order valence-electron chi connectivity index (χ4n) is 1.59. The third kappa shape index (κ3) is 2.93. The average Bonchev–Trinajstić information content (AvgIpc) is 2.68. The molecule has 0 aliphatic rings. The molecule has 0 amide bonds. The van der Waals surface area contributed by atoms with E-state index in [4.69, 9.17) is 9.15 Å². The highest BCUT2D eigenvalue weighted by atomic mass is 16.5. The summed E-state index contributed by atoms with van der Waals surface area (Å²) in [5, 5.41) is 0. The molecule has 0 radical (unpaired) electrons. The Labute approximate surface area is 90.4 Å². The van der Waals surface area contributed by atoms with Gasteiger partial charge in [0.1, 0.15) is 12.4 Å². The number of hydrogen-bond acceptors (Lipinski definition) is 3. The first-order chi connectivity index (χ1) is 7.22. The summed E-state index contributed by atoms with van der Waals surface area (Å²) < 4.78 is 10.3. The van der Waals surface area contributed by atoms with Crippen LogP contribution in [0, 0.1) is 5.92 Å². The third-order valence-electron chi connectivity index (χ3n) is 2.55. The minimum Gasteiger partial charge on any atom is -0.456 e. The minimum atomic E-state index is 0.0755. The van der Waals surface area contributed by atoms with Crippen LogP contribution in [0.2, 0.25) is 0 Å². The Morgan fingerprint density at radius 2 is 2.07 bits per heavy atom. The van der Waals surface area contributed by atoms with Gasteiger partial charge in [-0.3, -0.25) is 4.79 Å². The second kappa shape index (κ2) is 5.71. The van der Waals surface area contributed by atoms with Crippen LogP contribution in [0.15, 0.2) is 16.5 Å².